The maximum Gasteiger partial charge on any atom is 0.342 e. The number of allylic oxidation sites excluding steroid dienone is 2. The van der Waals surface area contributed by atoms with Gasteiger partial charge in [-0.05, 0) is 31.4 Å². The van der Waals surface area contributed by atoms with Crippen molar-refractivity contribution in [2.75, 3.05) is 20.8 Å². The summed E-state index contributed by atoms with van der Waals surface area (Å²) in [6.07, 6.45) is 2.07. The van der Waals surface area contributed by atoms with Gasteiger partial charge in [-0.15, -0.1) is 0 Å². The Kier molecular flexibility index (Phi) is 8.76. The third-order valence-corrected chi connectivity index (χ3v) is 5.81. The quantitative estimate of drug-likeness (QED) is 0.401. The predicted molar refractivity (Wildman–Crippen MR) is 119 cm³/mol. The van der Waals surface area contributed by atoms with Crippen LogP contribution in [0.3, 0.4) is 0 Å². The van der Waals surface area contributed by atoms with Crippen molar-refractivity contribution >= 4 is 11.9 Å². The topological polar surface area (TPSA) is 130 Å². The molecule has 0 aromatic heterocycles. The van der Waals surface area contributed by atoms with Crippen LogP contribution in [0.25, 0.3) is 0 Å². The van der Waals surface area contributed by atoms with E-state index >= 15 is 0 Å². The molecule has 1 aromatic rings. The molecule has 2 N–H and O–H groups in total. The minimum Gasteiger partial charge on any atom is -0.504 e. The predicted octanol–water partition coefficient (Wildman–Crippen LogP) is 2.27. The molecule has 10 heteroatoms. The number of phenols is 1. The molecule has 1 aromatic carbocycles. The molecule has 2 heterocycles. The molecule has 188 valence electrons. The second kappa shape index (κ2) is 11.5. The Labute approximate surface area is 198 Å². The smallest absolute Gasteiger partial charge is 0.342 e. The highest BCUT2D eigenvalue weighted by atomic mass is 16.7. The van der Waals surface area contributed by atoms with Crippen molar-refractivity contribution in [2.45, 2.75) is 70.2 Å². The Morgan fingerprint density at radius 2 is 2.09 bits per heavy atom. The Balaban J connectivity index is 1.84. The van der Waals surface area contributed by atoms with Crippen molar-refractivity contribution < 1.29 is 48.2 Å². The van der Waals surface area contributed by atoms with E-state index in [1.54, 1.807) is 6.07 Å². The summed E-state index contributed by atoms with van der Waals surface area (Å²) in [5, 5.41) is 21.3. The monoisotopic (exact) mass is 480 g/mol. The second-order valence-corrected chi connectivity index (χ2v) is 8.20. The molecule has 0 spiro atoms. The number of benzene rings is 1. The summed E-state index contributed by atoms with van der Waals surface area (Å²) in [4.78, 5) is 23.8. The van der Waals surface area contributed by atoms with E-state index < -0.39 is 36.5 Å². The Morgan fingerprint density at radius 1 is 1.32 bits per heavy atom. The SMILES string of the molecule is C/C=C/CC[C@H]1Cc2cc(O[C@H]3C[C@@H](O)[C@H](OC)[C@@H](COC(C)=O)O3)c(OC)c(O)c2C(=O)O1. The zero-order valence-corrected chi connectivity index (χ0v) is 19.8. The maximum absolute atomic E-state index is 12.6. The molecule has 34 heavy (non-hydrogen) atoms. The fraction of sp³-hybridized carbons (Fsp3) is 0.583. The van der Waals surface area contributed by atoms with Gasteiger partial charge < -0.3 is 38.6 Å². The van der Waals surface area contributed by atoms with Gasteiger partial charge in [-0.3, -0.25) is 4.79 Å². The van der Waals surface area contributed by atoms with E-state index in [1.807, 2.05) is 19.1 Å². The van der Waals surface area contributed by atoms with Crippen molar-refractivity contribution in [2.24, 2.45) is 0 Å². The van der Waals surface area contributed by atoms with Crippen LogP contribution in [-0.4, -0.2) is 73.7 Å². The van der Waals surface area contributed by atoms with Gasteiger partial charge in [0, 0.05) is 26.9 Å². The number of carbonyl (C=O) groups is 2. The van der Waals surface area contributed by atoms with Crippen molar-refractivity contribution in [3.8, 4) is 17.2 Å². The number of aromatic hydroxyl groups is 1. The van der Waals surface area contributed by atoms with Crippen LogP contribution >= 0.6 is 0 Å². The molecule has 0 radical (unpaired) electrons. The molecule has 10 nitrogen and oxygen atoms in total. The van der Waals surface area contributed by atoms with Crippen molar-refractivity contribution in [1.29, 1.82) is 0 Å². The largest absolute Gasteiger partial charge is 0.504 e. The summed E-state index contributed by atoms with van der Waals surface area (Å²) in [7, 11) is 2.76. The van der Waals surface area contributed by atoms with Gasteiger partial charge in [0.1, 0.15) is 30.5 Å². The van der Waals surface area contributed by atoms with Gasteiger partial charge in [-0.1, -0.05) is 12.2 Å². The van der Waals surface area contributed by atoms with Gasteiger partial charge in [-0.25, -0.2) is 4.79 Å². The van der Waals surface area contributed by atoms with Crippen LogP contribution in [0, 0.1) is 0 Å². The summed E-state index contributed by atoms with van der Waals surface area (Å²) >= 11 is 0. The normalized spacial score (nSPS) is 26.6. The lowest BCUT2D eigenvalue weighted by Gasteiger charge is -2.38. The van der Waals surface area contributed by atoms with Crippen molar-refractivity contribution in [1.82, 2.24) is 0 Å². The number of aliphatic hydroxyl groups is 1. The van der Waals surface area contributed by atoms with Crippen LogP contribution in [0.15, 0.2) is 18.2 Å². The Hall–Kier alpha value is -2.82. The number of esters is 2. The Morgan fingerprint density at radius 3 is 2.74 bits per heavy atom. The summed E-state index contributed by atoms with van der Waals surface area (Å²) in [5.74, 6) is -1.39. The molecule has 1 fully saturated rings. The number of phenolic OH excluding ortho intramolecular Hbond substituents is 1. The summed E-state index contributed by atoms with van der Waals surface area (Å²) in [6, 6.07) is 1.62. The first-order chi connectivity index (χ1) is 16.3. The number of rotatable bonds is 9. The van der Waals surface area contributed by atoms with E-state index in [0.717, 1.165) is 6.42 Å². The van der Waals surface area contributed by atoms with E-state index in [2.05, 4.69) is 0 Å². The summed E-state index contributed by atoms with van der Waals surface area (Å²) in [6.45, 7) is 3.07. The van der Waals surface area contributed by atoms with Crippen LogP contribution in [0.1, 0.15) is 49.0 Å². The van der Waals surface area contributed by atoms with Gasteiger partial charge >= 0.3 is 11.9 Å². The van der Waals surface area contributed by atoms with Crippen LogP contribution in [0.4, 0.5) is 0 Å². The highest BCUT2D eigenvalue weighted by molar-refractivity contribution is 5.96. The molecule has 0 bridgehead atoms. The molecule has 0 amide bonds. The van der Waals surface area contributed by atoms with Crippen molar-refractivity contribution in [3.63, 3.8) is 0 Å². The summed E-state index contributed by atoms with van der Waals surface area (Å²) < 4.78 is 33.0. The number of ether oxygens (including phenoxy) is 6. The first-order valence-corrected chi connectivity index (χ1v) is 11.2. The fourth-order valence-corrected chi connectivity index (χ4v) is 4.23. The minimum atomic E-state index is -0.951. The molecule has 0 saturated carbocycles. The first-order valence-electron chi connectivity index (χ1n) is 11.2. The molecular formula is C24H32O10. The minimum absolute atomic E-state index is 0.0447. The highest BCUT2D eigenvalue weighted by Gasteiger charge is 2.41. The molecule has 5 atom stereocenters. The number of hydrogen-bond donors (Lipinski definition) is 2. The number of aliphatic hydroxyl groups excluding tert-OH is 1. The second-order valence-electron chi connectivity index (χ2n) is 8.20. The van der Waals surface area contributed by atoms with Crippen molar-refractivity contribution in [3.05, 3.63) is 29.3 Å². The molecule has 2 aliphatic heterocycles. The van der Waals surface area contributed by atoms with Gasteiger partial charge in [0.15, 0.2) is 11.5 Å². The maximum atomic E-state index is 12.6. The van der Waals surface area contributed by atoms with Crippen LogP contribution in [0.2, 0.25) is 0 Å². The lowest BCUT2D eigenvalue weighted by Crippen LogP contribution is -2.52. The molecule has 3 rings (SSSR count). The van der Waals surface area contributed by atoms with E-state index in [0.29, 0.717) is 18.4 Å². The lowest BCUT2D eigenvalue weighted by atomic mass is 9.94. The third kappa shape index (κ3) is 5.81. The van der Waals surface area contributed by atoms with Gasteiger partial charge in [0.05, 0.1) is 13.2 Å². The zero-order chi connectivity index (χ0) is 24.8. The summed E-state index contributed by atoms with van der Waals surface area (Å²) in [5.41, 5.74) is 0.612. The van der Waals surface area contributed by atoms with Crippen LogP contribution in [-0.2, 0) is 30.2 Å². The number of cyclic esters (lactones) is 1. The van der Waals surface area contributed by atoms with E-state index in [9.17, 15) is 19.8 Å². The number of methoxy groups -OCH3 is 2. The zero-order valence-electron chi connectivity index (χ0n) is 19.8. The average Bonchev–Trinajstić information content (AvgIpc) is 2.77. The van der Waals surface area contributed by atoms with E-state index in [4.69, 9.17) is 28.4 Å². The van der Waals surface area contributed by atoms with Crippen LogP contribution in [0.5, 0.6) is 17.2 Å². The number of carbonyl (C=O) groups excluding carboxylic acids is 2. The molecular weight excluding hydrogens is 448 g/mol. The third-order valence-electron chi connectivity index (χ3n) is 5.81. The van der Waals surface area contributed by atoms with E-state index in [1.165, 1.54) is 21.1 Å². The number of fused-ring (bicyclic) bond motifs is 1. The first kappa shape index (κ1) is 25.8. The lowest BCUT2D eigenvalue weighted by molar-refractivity contribution is -0.238. The molecule has 0 unspecified atom stereocenters. The average molecular weight is 481 g/mol. The Bertz CT molecular complexity index is 912. The number of hydrogen-bond acceptors (Lipinski definition) is 10. The van der Waals surface area contributed by atoms with Gasteiger partial charge in [-0.2, -0.15) is 0 Å². The highest BCUT2D eigenvalue weighted by Crippen LogP contribution is 2.45. The molecule has 0 aliphatic carbocycles. The standard InChI is InChI=1S/C24H32O10/c1-5-6-7-8-15-9-14-10-17(23(30-4)21(27)20(14)24(28)32-15)33-19-11-16(26)22(29-3)18(34-19)12-31-13(2)25/h5-6,10,15-16,18-19,22,26-27H,7-9,11-12H2,1-4H3/b6-5+/t15-,16+,18+,19+,22-/m0/s1. The van der Waals surface area contributed by atoms with E-state index in [-0.39, 0.29) is 41.9 Å². The fourth-order valence-electron chi connectivity index (χ4n) is 4.23. The molecule has 2 aliphatic rings. The van der Waals surface area contributed by atoms with Gasteiger partial charge in [0.2, 0.25) is 12.0 Å². The molecule has 1 saturated heterocycles. The van der Waals surface area contributed by atoms with Crippen LogP contribution < -0.4 is 9.47 Å². The van der Waals surface area contributed by atoms with Gasteiger partial charge in [0.25, 0.3) is 0 Å².